The van der Waals surface area contributed by atoms with Crippen molar-refractivity contribution in [2.24, 2.45) is 0 Å². The van der Waals surface area contributed by atoms with Crippen LogP contribution in [0.25, 0.3) is 0 Å². The molecule has 1 atom stereocenters. The molecule has 0 bridgehead atoms. The van der Waals surface area contributed by atoms with Crippen molar-refractivity contribution in [1.82, 2.24) is 5.32 Å². The number of hydrogen-bond donors (Lipinski definition) is 1. The molecule has 1 aromatic rings. The normalized spacial score (nSPS) is 19.1. The van der Waals surface area contributed by atoms with Crippen molar-refractivity contribution in [2.45, 2.75) is 58.4 Å². The third-order valence-electron chi connectivity index (χ3n) is 3.79. The van der Waals surface area contributed by atoms with E-state index in [0.717, 1.165) is 6.54 Å². The van der Waals surface area contributed by atoms with Gasteiger partial charge >= 0.3 is 0 Å². The topological polar surface area (TPSA) is 12.0 Å². The van der Waals surface area contributed by atoms with Crippen LogP contribution in [0, 0.1) is 0 Å². The smallest absolute Gasteiger partial charge is 0.0323 e. The molecule has 1 aliphatic rings. The van der Waals surface area contributed by atoms with E-state index in [-0.39, 0.29) is 0 Å². The number of rotatable bonds is 5. The van der Waals surface area contributed by atoms with Gasteiger partial charge in [0.1, 0.15) is 0 Å². The van der Waals surface area contributed by atoms with Gasteiger partial charge in [-0.05, 0) is 55.3 Å². The molecule has 0 radical (unpaired) electrons. The second-order valence-electron chi connectivity index (χ2n) is 5.14. The van der Waals surface area contributed by atoms with E-state index in [2.05, 4.69) is 37.4 Å². The first-order valence-electron chi connectivity index (χ1n) is 7.20. The monoisotopic (exact) mass is 231 g/mol. The van der Waals surface area contributed by atoms with Gasteiger partial charge in [-0.2, -0.15) is 0 Å². The fraction of sp³-hybridized carbons (Fsp3) is 0.625. The highest BCUT2D eigenvalue weighted by Gasteiger charge is 2.19. The molecule has 1 N–H and O–H groups in total. The van der Waals surface area contributed by atoms with E-state index in [1.807, 2.05) is 0 Å². The summed E-state index contributed by atoms with van der Waals surface area (Å²) in [5.74, 6) is 0. The van der Waals surface area contributed by atoms with E-state index in [4.69, 9.17) is 0 Å². The van der Waals surface area contributed by atoms with Gasteiger partial charge in [0.2, 0.25) is 0 Å². The van der Waals surface area contributed by atoms with Crippen molar-refractivity contribution in [3.63, 3.8) is 0 Å². The lowest BCUT2D eigenvalue weighted by Crippen LogP contribution is -2.25. The molecule has 1 aromatic carbocycles. The molecule has 0 spiro atoms. The summed E-state index contributed by atoms with van der Waals surface area (Å²) in [5, 5.41) is 3.62. The van der Waals surface area contributed by atoms with Crippen LogP contribution >= 0.6 is 0 Å². The Hall–Kier alpha value is -0.820. The molecule has 1 nitrogen and oxygen atoms in total. The Morgan fingerprint density at radius 2 is 2.18 bits per heavy atom. The Bertz CT molecular complexity index is 357. The molecule has 1 heteroatoms. The quantitative estimate of drug-likeness (QED) is 0.807. The van der Waals surface area contributed by atoms with E-state index >= 15 is 0 Å². The lowest BCUT2D eigenvalue weighted by Gasteiger charge is -2.26. The molecule has 0 aliphatic heterocycles. The Labute approximate surface area is 106 Å². The number of aryl methyl sites for hydroxylation is 2. The van der Waals surface area contributed by atoms with Gasteiger partial charge in [0.15, 0.2) is 0 Å². The van der Waals surface area contributed by atoms with E-state index in [9.17, 15) is 0 Å². The minimum absolute atomic E-state index is 0.602. The second kappa shape index (κ2) is 6.20. The maximum absolute atomic E-state index is 3.62. The van der Waals surface area contributed by atoms with Gasteiger partial charge in [-0.25, -0.2) is 0 Å². The summed E-state index contributed by atoms with van der Waals surface area (Å²) in [7, 11) is 0. The molecule has 94 valence electrons. The summed E-state index contributed by atoms with van der Waals surface area (Å²) >= 11 is 0. The van der Waals surface area contributed by atoms with Crippen molar-refractivity contribution in [3.05, 3.63) is 34.9 Å². The Balaban J connectivity index is 2.18. The first-order chi connectivity index (χ1) is 8.35. The van der Waals surface area contributed by atoms with Crippen molar-refractivity contribution in [3.8, 4) is 0 Å². The standard InChI is InChI=1S/C16H25N/c1-3-5-7-13-10-11-14-8-6-9-16(17-4-2)15(14)12-13/h10-12,16-17H,3-9H2,1-2H3. The van der Waals surface area contributed by atoms with E-state index < -0.39 is 0 Å². The summed E-state index contributed by atoms with van der Waals surface area (Å²) in [5.41, 5.74) is 4.67. The Morgan fingerprint density at radius 3 is 2.94 bits per heavy atom. The molecule has 0 heterocycles. The summed E-state index contributed by atoms with van der Waals surface area (Å²) in [6, 6.07) is 7.76. The Kier molecular flexibility index (Phi) is 4.61. The van der Waals surface area contributed by atoms with Crippen LogP contribution in [-0.2, 0) is 12.8 Å². The van der Waals surface area contributed by atoms with Crippen LogP contribution in [0.5, 0.6) is 0 Å². The zero-order valence-electron chi connectivity index (χ0n) is 11.3. The van der Waals surface area contributed by atoms with E-state index in [0.29, 0.717) is 6.04 Å². The van der Waals surface area contributed by atoms with Crippen molar-refractivity contribution >= 4 is 0 Å². The number of benzene rings is 1. The number of nitrogens with one attached hydrogen (secondary N) is 1. The van der Waals surface area contributed by atoms with Crippen LogP contribution < -0.4 is 5.32 Å². The average Bonchev–Trinajstić information content (AvgIpc) is 2.37. The van der Waals surface area contributed by atoms with Crippen molar-refractivity contribution < 1.29 is 0 Å². The van der Waals surface area contributed by atoms with Gasteiger partial charge in [0.05, 0.1) is 0 Å². The minimum Gasteiger partial charge on any atom is -0.310 e. The molecule has 0 aromatic heterocycles. The summed E-state index contributed by atoms with van der Waals surface area (Å²) in [6.45, 7) is 5.54. The molecular formula is C16H25N. The molecular weight excluding hydrogens is 206 g/mol. The van der Waals surface area contributed by atoms with Crippen LogP contribution in [-0.4, -0.2) is 6.54 Å². The zero-order chi connectivity index (χ0) is 12.1. The third kappa shape index (κ3) is 3.10. The number of hydrogen-bond acceptors (Lipinski definition) is 1. The number of fused-ring (bicyclic) bond motifs is 1. The van der Waals surface area contributed by atoms with E-state index in [1.54, 1.807) is 11.1 Å². The van der Waals surface area contributed by atoms with Gasteiger partial charge in [-0.1, -0.05) is 38.5 Å². The summed E-state index contributed by atoms with van der Waals surface area (Å²) in [6.07, 6.45) is 7.74. The molecule has 0 amide bonds. The van der Waals surface area contributed by atoms with Gasteiger partial charge in [-0.15, -0.1) is 0 Å². The first kappa shape index (κ1) is 12.6. The highest BCUT2D eigenvalue weighted by molar-refractivity contribution is 5.36. The van der Waals surface area contributed by atoms with Crippen LogP contribution in [0.1, 0.15) is 62.3 Å². The predicted molar refractivity (Wildman–Crippen MR) is 74.4 cm³/mol. The fourth-order valence-electron chi connectivity index (χ4n) is 2.84. The van der Waals surface area contributed by atoms with Gasteiger partial charge < -0.3 is 5.32 Å². The lowest BCUT2D eigenvalue weighted by atomic mass is 9.86. The molecule has 17 heavy (non-hydrogen) atoms. The van der Waals surface area contributed by atoms with E-state index in [1.165, 1.54) is 44.1 Å². The molecule has 1 aliphatic carbocycles. The average molecular weight is 231 g/mol. The van der Waals surface area contributed by atoms with Crippen molar-refractivity contribution in [1.29, 1.82) is 0 Å². The second-order valence-corrected chi connectivity index (χ2v) is 5.14. The largest absolute Gasteiger partial charge is 0.310 e. The van der Waals surface area contributed by atoms with Crippen LogP contribution in [0.15, 0.2) is 18.2 Å². The molecule has 0 saturated heterocycles. The third-order valence-corrected chi connectivity index (χ3v) is 3.79. The highest BCUT2D eigenvalue weighted by Crippen LogP contribution is 2.30. The van der Waals surface area contributed by atoms with Crippen LogP contribution in [0.2, 0.25) is 0 Å². The molecule has 2 rings (SSSR count). The van der Waals surface area contributed by atoms with Gasteiger partial charge in [-0.3, -0.25) is 0 Å². The SMILES string of the molecule is CCCCc1ccc2c(c1)C(NCC)CCC2. The summed E-state index contributed by atoms with van der Waals surface area (Å²) in [4.78, 5) is 0. The van der Waals surface area contributed by atoms with Crippen LogP contribution in [0.3, 0.4) is 0 Å². The molecule has 0 saturated carbocycles. The predicted octanol–water partition coefficient (Wildman–Crippen LogP) is 4.02. The van der Waals surface area contributed by atoms with Gasteiger partial charge in [0.25, 0.3) is 0 Å². The maximum Gasteiger partial charge on any atom is 0.0323 e. The maximum atomic E-state index is 3.62. The number of unbranched alkanes of at least 4 members (excludes halogenated alkanes) is 1. The highest BCUT2D eigenvalue weighted by atomic mass is 14.9. The van der Waals surface area contributed by atoms with Gasteiger partial charge in [0, 0.05) is 6.04 Å². The fourth-order valence-corrected chi connectivity index (χ4v) is 2.84. The Morgan fingerprint density at radius 1 is 1.29 bits per heavy atom. The van der Waals surface area contributed by atoms with Crippen LogP contribution in [0.4, 0.5) is 0 Å². The van der Waals surface area contributed by atoms with Crippen molar-refractivity contribution in [2.75, 3.05) is 6.54 Å². The zero-order valence-corrected chi connectivity index (χ0v) is 11.3. The molecule has 1 unspecified atom stereocenters. The lowest BCUT2D eigenvalue weighted by molar-refractivity contribution is 0.471. The molecule has 0 fully saturated rings. The first-order valence-corrected chi connectivity index (χ1v) is 7.20. The summed E-state index contributed by atoms with van der Waals surface area (Å²) < 4.78 is 0. The minimum atomic E-state index is 0.602.